The standard InChI is InChI=1S/C9H12F3N3O/c1-2-13-5-6-16-8-4-3-7(14-15-8)9(10,11)12/h3-4,13H,2,5-6H2,1H3. The summed E-state index contributed by atoms with van der Waals surface area (Å²) >= 11 is 0. The third-order valence-electron chi connectivity index (χ3n) is 1.71. The first kappa shape index (κ1) is 12.7. The molecule has 0 spiro atoms. The molecule has 0 atom stereocenters. The molecule has 1 heterocycles. The summed E-state index contributed by atoms with van der Waals surface area (Å²) in [6, 6.07) is 2.00. The molecule has 0 saturated heterocycles. The van der Waals surface area contributed by atoms with Gasteiger partial charge in [-0.3, -0.25) is 0 Å². The molecule has 1 rings (SSSR count). The molecule has 0 radical (unpaired) electrons. The van der Waals surface area contributed by atoms with E-state index in [0.717, 1.165) is 18.7 Å². The molecule has 1 aromatic rings. The van der Waals surface area contributed by atoms with E-state index in [1.54, 1.807) is 0 Å². The average molecular weight is 235 g/mol. The normalized spacial score (nSPS) is 11.5. The predicted molar refractivity (Wildman–Crippen MR) is 51.1 cm³/mol. The van der Waals surface area contributed by atoms with Crippen molar-refractivity contribution >= 4 is 0 Å². The molecule has 0 saturated carbocycles. The molecule has 0 unspecified atom stereocenters. The van der Waals surface area contributed by atoms with Crippen LogP contribution in [0.1, 0.15) is 12.6 Å². The minimum Gasteiger partial charge on any atom is -0.475 e. The number of rotatable bonds is 5. The summed E-state index contributed by atoms with van der Waals surface area (Å²) in [6.45, 7) is 3.70. The van der Waals surface area contributed by atoms with E-state index >= 15 is 0 Å². The summed E-state index contributed by atoms with van der Waals surface area (Å²) in [4.78, 5) is 0. The van der Waals surface area contributed by atoms with Crippen molar-refractivity contribution in [3.63, 3.8) is 0 Å². The van der Waals surface area contributed by atoms with Crippen LogP contribution in [0.3, 0.4) is 0 Å². The molecule has 0 aliphatic heterocycles. The fourth-order valence-electron chi connectivity index (χ4n) is 0.953. The highest BCUT2D eigenvalue weighted by Gasteiger charge is 2.32. The van der Waals surface area contributed by atoms with Crippen molar-refractivity contribution in [3.8, 4) is 5.88 Å². The summed E-state index contributed by atoms with van der Waals surface area (Å²) in [7, 11) is 0. The number of likely N-dealkylation sites (N-methyl/N-ethyl adjacent to an activating group) is 1. The molecule has 0 aliphatic carbocycles. The average Bonchev–Trinajstić information content (AvgIpc) is 2.24. The molecule has 0 aromatic carbocycles. The van der Waals surface area contributed by atoms with E-state index in [1.165, 1.54) is 0 Å². The molecule has 0 aliphatic rings. The zero-order valence-electron chi connectivity index (χ0n) is 8.71. The zero-order valence-corrected chi connectivity index (χ0v) is 8.71. The SMILES string of the molecule is CCNCCOc1ccc(C(F)(F)F)nn1. The number of ether oxygens (including phenoxy) is 1. The fraction of sp³-hybridized carbons (Fsp3) is 0.556. The Morgan fingerprint density at radius 1 is 1.31 bits per heavy atom. The van der Waals surface area contributed by atoms with Crippen LogP contribution in [0.25, 0.3) is 0 Å². The lowest BCUT2D eigenvalue weighted by Crippen LogP contribution is -2.20. The highest BCUT2D eigenvalue weighted by molar-refractivity contribution is 5.13. The Kier molecular flexibility index (Phi) is 4.48. The van der Waals surface area contributed by atoms with Gasteiger partial charge in [-0.15, -0.1) is 10.2 Å². The summed E-state index contributed by atoms with van der Waals surface area (Å²) in [5.74, 6) is 0.0888. The Morgan fingerprint density at radius 2 is 2.06 bits per heavy atom. The second kappa shape index (κ2) is 5.64. The Morgan fingerprint density at radius 3 is 2.56 bits per heavy atom. The Hall–Kier alpha value is -1.37. The third-order valence-corrected chi connectivity index (χ3v) is 1.71. The van der Waals surface area contributed by atoms with Gasteiger partial charge in [-0.25, -0.2) is 0 Å². The van der Waals surface area contributed by atoms with Gasteiger partial charge in [0.1, 0.15) is 6.61 Å². The quantitative estimate of drug-likeness (QED) is 0.785. The lowest BCUT2D eigenvalue weighted by atomic mass is 10.4. The van der Waals surface area contributed by atoms with Gasteiger partial charge >= 0.3 is 6.18 Å². The highest BCUT2D eigenvalue weighted by Crippen LogP contribution is 2.27. The molecule has 0 amide bonds. The molecule has 7 heteroatoms. The van der Waals surface area contributed by atoms with Crippen LogP contribution >= 0.6 is 0 Å². The van der Waals surface area contributed by atoms with Gasteiger partial charge < -0.3 is 10.1 Å². The van der Waals surface area contributed by atoms with E-state index < -0.39 is 11.9 Å². The van der Waals surface area contributed by atoms with Crippen LogP contribution in [-0.4, -0.2) is 29.9 Å². The second-order valence-electron chi connectivity index (χ2n) is 2.96. The summed E-state index contributed by atoms with van der Waals surface area (Å²) in [5.41, 5.74) is -1.02. The first-order valence-electron chi connectivity index (χ1n) is 4.78. The highest BCUT2D eigenvalue weighted by atomic mass is 19.4. The lowest BCUT2D eigenvalue weighted by Gasteiger charge is -2.07. The lowest BCUT2D eigenvalue weighted by molar-refractivity contribution is -0.141. The van der Waals surface area contributed by atoms with Crippen LogP contribution in [0.2, 0.25) is 0 Å². The van der Waals surface area contributed by atoms with E-state index in [0.29, 0.717) is 13.2 Å². The maximum atomic E-state index is 12.1. The van der Waals surface area contributed by atoms with Crippen LogP contribution in [0, 0.1) is 0 Å². The molecule has 1 aromatic heterocycles. The second-order valence-corrected chi connectivity index (χ2v) is 2.96. The first-order valence-corrected chi connectivity index (χ1v) is 4.78. The van der Waals surface area contributed by atoms with E-state index in [9.17, 15) is 13.2 Å². The Bertz CT molecular complexity index is 313. The van der Waals surface area contributed by atoms with E-state index in [2.05, 4.69) is 15.5 Å². The van der Waals surface area contributed by atoms with Crippen molar-refractivity contribution in [2.45, 2.75) is 13.1 Å². The first-order chi connectivity index (χ1) is 7.54. The smallest absolute Gasteiger partial charge is 0.435 e. The van der Waals surface area contributed by atoms with Gasteiger partial charge in [0.25, 0.3) is 0 Å². The van der Waals surface area contributed by atoms with Crippen LogP contribution in [-0.2, 0) is 6.18 Å². The monoisotopic (exact) mass is 235 g/mol. The van der Waals surface area contributed by atoms with Crippen molar-refractivity contribution in [2.75, 3.05) is 19.7 Å². The third kappa shape index (κ3) is 4.01. The van der Waals surface area contributed by atoms with Gasteiger partial charge in [0, 0.05) is 12.6 Å². The van der Waals surface area contributed by atoms with Crippen molar-refractivity contribution in [1.82, 2.24) is 15.5 Å². The number of aromatic nitrogens is 2. The van der Waals surface area contributed by atoms with Gasteiger partial charge in [0.15, 0.2) is 5.69 Å². The molecular weight excluding hydrogens is 223 g/mol. The van der Waals surface area contributed by atoms with E-state index in [4.69, 9.17) is 4.74 Å². The van der Waals surface area contributed by atoms with Crippen molar-refractivity contribution in [3.05, 3.63) is 17.8 Å². The summed E-state index contributed by atoms with van der Waals surface area (Å²) < 4.78 is 41.4. The number of nitrogens with one attached hydrogen (secondary N) is 1. The summed E-state index contributed by atoms with van der Waals surface area (Å²) in [6.07, 6.45) is -4.46. The van der Waals surface area contributed by atoms with Gasteiger partial charge in [-0.1, -0.05) is 6.92 Å². The predicted octanol–water partition coefficient (Wildman–Crippen LogP) is 1.48. The van der Waals surface area contributed by atoms with E-state index in [-0.39, 0.29) is 5.88 Å². The van der Waals surface area contributed by atoms with Gasteiger partial charge in [-0.2, -0.15) is 13.2 Å². The van der Waals surface area contributed by atoms with E-state index in [1.807, 2.05) is 6.92 Å². The Labute approximate surface area is 90.8 Å². The van der Waals surface area contributed by atoms with Crippen molar-refractivity contribution < 1.29 is 17.9 Å². The molecule has 4 nitrogen and oxygen atoms in total. The minimum atomic E-state index is -4.46. The number of hydrogen-bond acceptors (Lipinski definition) is 4. The maximum absolute atomic E-state index is 12.1. The molecular formula is C9H12F3N3O. The van der Waals surface area contributed by atoms with Gasteiger partial charge in [-0.05, 0) is 12.6 Å². The number of halogens is 3. The maximum Gasteiger partial charge on any atom is 0.435 e. The molecule has 1 N–H and O–H groups in total. The minimum absolute atomic E-state index is 0.0888. The molecule has 0 fully saturated rings. The number of nitrogens with zero attached hydrogens (tertiary/aromatic N) is 2. The summed E-state index contributed by atoms with van der Waals surface area (Å²) in [5, 5.41) is 9.35. The van der Waals surface area contributed by atoms with Crippen molar-refractivity contribution in [2.24, 2.45) is 0 Å². The number of alkyl halides is 3. The van der Waals surface area contributed by atoms with Gasteiger partial charge in [0.2, 0.25) is 5.88 Å². The van der Waals surface area contributed by atoms with Gasteiger partial charge in [0.05, 0.1) is 0 Å². The van der Waals surface area contributed by atoms with Crippen LogP contribution in [0.15, 0.2) is 12.1 Å². The largest absolute Gasteiger partial charge is 0.475 e. The topological polar surface area (TPSA) is 47.0 Å². The van der Waals surface area contributed by atoms with Crippen molar-refractivity contribution in [1.29, 1.82) is 0 Å². The fourth-order valence-corrected chi connectivity index (χ4v) is 0.953. The zero-order chi connectivity index (χ0) is 12.0. The molecule has 0 bridgehead atoms. The number of hydrogen-bond donors (Lipinski definition) is 1. The van der Waals surface area contributed by atoms with Crippen LogP contribution < -0.4 is 10.1 Å². The van der Waals surface area contributed by atoms with Crippen LogP contribution in [0.5, 0.6) is 5.88 Å². The Balaban J connectivity index is 2.46. The van der Waals surface area contributed by atoms with Crippen LogP contribution in [0.4, 0.5) is 13.2 Å². The molecule has 16 heavy (non-hydrogen) atoms. The molecule has 90 valence electrons.